The van der Waals surface area contributed by atoms with Crippen LogP contribution in [0.5, 0.6) is 11.5 Å². The van der Waals surface area contributed by atoms with Crippen LogP contribution in [0.4, 0.5) is 8.78 Å². The third-order valence-corrected chi connectivity index (χ3v) is 4.87. The molecule has 0 atom stereocenters. The van der Waals surface area contributed by atoms with Crippen molar-refractivity contribution in [3.63, 3.8) is 0 Å². The van der Waals surface area contributed by atoms with Crippen LogP contribution in [0.25, 0.3) is 0 Å². The van der Waals surface area contributed by atoms with E-state index in [1.54, 1.807) is 0 Å². The van der Waals surface area contributed by atoms with Crippen LogP contribution in [0, 0.1) is 11.6 Å². The monoisotopic (exact) mass is 352 g/mol. The Bertz CT molecular complexity index is 558. The Labute approximate surface area is 133 Å². The van der Waals surface area contributed by atoms with Crippen LogP contribution in [0.15, 0.2) is 12.1 Å². The predicted octanol–water partition coefficient (Wildman–Crippen LogP) is 3.19. The molecule has 0 saturated carbocycles. The summed E-state index contributed by atoms with van der Waals surface area (Å²) in [5.41, 5.74) is 0. The zero-order chi connectivity index (χ0) is 17.3. The van der Waals surface area contributed by atoms with Crippen molar-refractivity contribution in [2.45, 2.75) is 12.8 Å². The lowest BCUT2D eigenvalue weighted by atomic mass is 10.3. The van der Waals surface area contributed by atoms with Crippen molar-refractivity contribution in [3.8, 4) is 11.5 Å². The molecule has 0 unspecified atom stereocenters. The van der Waals surface area contributed by atoms with Crippen molar-refractivity contribution in [2.24, 2.45) is 0 Å². The molecule has 0 aliphatic rings. The number of carbonyl (C=O) groups excluding carboxylic acids is 1. The van der Waals surface area contributed by atoms with Crippen molar-refractivity contribution in [1.82, 2.24) is 0 Å². The molecule has 23 heavy (non-hydrogen) atoms. The molecule has 1 aromatic rings. The van der Waals surface area contributed by atoms with E-state index in [0.717, 1.165) is 0 Å². The first kappa shape index (κ1) is 19.5. The lowest BCUT2D eigenvalue weighted by molar-refractivity contribution is -0.108. The van der Waals surface area contributed by atoms with Gasteiger partial charge in [0, 0.05) is 20.6 Å². The lowest BCUT2D eigenvalue weighted by Crippen LogP contribution is -2.06. The van der Waals surface area contributed by atoms with Crippen molar-refractivity contribution in [2.75, 3.05) is 33.6 Å². The molecule has 0 aromatic heterocycles. The first-order valence-electron chi connectivity index (χ1n) is 6.85. The minimum Gasteiger partial charge on any atom is -0.490 e. The average molecular weight is 352 g/mol. The van der Waals surface area contributed by atoms with E-state index in [-0.39, 0.29) is 43.7 Å². The number of rotatable bonds is 11. The molecule has 6 nitrogen and oxygen atoms in total. The summed E-state index contributed by atoms with van der Waals surface area (Å²) in [6.07, 6.45) is 1.07. The van der Waals surface area contributed by atoms with Crippen molar-refractivity contribution < 1.29 is 36.7 Å². The third kappa shape index (κ3) is 5.89. The number of aldehydes is 1. The molecule has 1 aromatic carbocycles. The van der Waals surface area contributed by atoms with Crippen molar-refractivity contribution in [3.05, 3.63) is 23.8 Å². The highest BCUT2D eigenvalue weighted by Crippen LogP contribution is 2.46. The molecule has 0 aliphatic heterocycles. The quantitative estimate of drug-likeness (QED) is 0.346. The topological polar surface area (TPSA) is 71.1 Å². The molecule has 0 heterocycles. The summed E-state index contributed by atoms with van der Waals surface area (Å²) in [4.78, 5) is 10.2. The molecule has 0 spiro atoms. The van der Waals surface area contributed by atoms with Crippen LogP contribution < -0.4 is 9.47 Å². The van der Waals surface area contributed by atoms with Gasteiger partial charge in [0.15, 0.2) is 11.5 Å². The Morgan fingerprint density at radius 2 is 1.57 bits per heavy atom. The second kappa shape index (κ2) is 9.60. The molecule has 0 N–H and O–H groups in total. The van der Waals surface area contributed by atoms with Crippen LogP contribution in [0.1, 0.15) is 12.8 Å². The number of hydrogen-bond donors (Lipinski definition) is 0. The van der Waals surface area contributed by atoms with E-state index in [9.17, 15) is 18.1 Å². The summed E-state index contributed by atoms with van der Waals surface area (Å²) in [6.45, 7) is -0.0260. The standard InChI is InChI=1S/C14H19F2O6P/c1-19-23(18,20-2)10-4-9-22-12-6-5-11(13(15)14(12)16)21-8-3-7-17/h5-7H,3-4,8-10H2,1-2H3. The van der Waals surface area contributed by atoms with E-state index < -0.39 is 19.2 Å². The maximum absolute atomic E-state index is 13.8. The number of hydrogen-bond acceptors (Lipinski definition) is 6. The Kier molecular flexibility index (Phi) is 8.16. The van der Waals surface area contributed by atoms with E-state index >= 15 is 0 Å². The van der Waals surface area contributed by atoms with Gasteiger partial charge in [0.05, 0.1) is 19.4 Å². The lowest BCUT2D eigenvalue weighted by Gasteiger charge is -2.14. The van der Waals surface area contributed by atoms with Crippen molar-refractivity contribution >= 4 is 13.9 Å². The van der Waals surface area contributed by atoms with E-state index in [1.807, 2.05) is 0 Å². The largest absolute Gasteiger partial charge is 0.490 e. The van der Waals surface area contributed by atoms with Gasteiger partial charge in [-0.05, 0) is 18.6 Å². The summed E-state index contributed by atoms with van der Waals surface area (Å²) in [5.74, 6) is -2.95. The van der Waals surface area contributed by atoms with Gasteiger partial charge in [-0.25, -0.2) is 0 Å². The van der Waals surface area contributed by atoms with Gasteiger partial charge >= 0.3 is 7.60 Å². The van der Waals surface area contributed by atoms with Gasteiger partial charge in [-0.3, -0.25) is 4.57 Å². The summed E-state index contributed by atoms with van der Waals surface area (Å²) in [5, 5.41) is 0. The van der Waals surface area contributed by atoms with Gasteiger partial charge in [-0.1, -0.05) is 0 Å². The molecule has 0 saturated heterocycles. The SMILES string of the molecule is COP(=O)(CCCOc1ccc(OCCC=O)c(F)c1F)OC. The molecule has 0 radical (unpaired) electrons. The maximum Gasteiger partial charge on any atom is 0.330 e. The normalized spacial score (nSPS) is 11.3. The fourth-order valence-electron chi connectivity index (χ4n) is 1.65. The Morgan fingerprint density at radius 3 is 2.04 bits per heavy atom. The summed E-state index contributed by atoms with van der Waals surface area (Å²) in [7, 11) is -0.609. The molecule has 9 heteroatoms. The highest BCUT2D eigenvalue weighted by atomic mass is 31.2. The minimum atomic E-state index is -3.14. The highest BCUT2D eigenvalue weighted by molar-refractivity contribution is 7.53. The molecule has 0 amide bonds. The van der Waals surface area contributed by atoms with Crippen LogP contribution >= 0.6 is 7.60 Å². The smallest absolute Gasteiger partial charge is 0.330 e. The maximum atomic E-state index is 13.8. The molecular formula is C14H19F2O6P. The van der Waals surface area contributed by atoms with Gasteiger partial charge in [-0.2, -0.15) is 8.78 Å². The molecule has 130 valence electrons. The average Bonchev–Trinajstić information content (AvgIpc) is 2.57. The zero-order valence-electron chi connectivity index (χ0n) is 12.9. The van der Waals surface area contributed by atoms with Gasteiger partial charge in [-0.15, -0.1) is 0 Å². The fourth-order valence-corrected chi connectivity index (χ4v) is 2.68. The Morgan fingerprint density at radius 1 is 1.04 bits per heavy atom. The number of halogens is 2. The molecule has 1 rings (SSSR count). The number of ether oxygens (including phenoxy) is 2. The van der Waals surface area contributed by atoms with Crippen LogP contribution in [0.2, 0.25) is 0 Å². The fraction of sp³-hybridized carbons (Fsp3) is 0.500. The molecule has 0 aliphatic carbocycles. The van der Waals surface area contributed by atoms with E-state index in [1.165, 1.54) is 26.4 Å². The van der Waals surface area contributed by atoms with E-state index in [4.69, 9.17) is 18.5 Å². The van der Waals surface area contributed by atoms with Gasteiger partial charge in [0.2, 0.25) is 11.6 Å². The highest BCUT2D eigenvalue weighted by Gasteiger charge is 2.20. The molecular weight excluding hydrogens is 333 g/mol. The van der Waals surface area contributed by atoms with Crippen LogP contribution in [-0.2, 0) is 18.4 Å². The minimum absolute atomic E-state index is 0.0123. The van der Waals surface area contributed by atoms with Crippen molar-refractivity contribution in [1.29, 1.82) is 0 Å². The predicted molar refractivity (Wildman–Crippen MR) is 79.1 cm³/mol. The Balaban J connectivity index is 2.56. The van der Waals surface area contributed by atoms with Gasteiger partial charge in [0.25, 0.3) is 0 Å². The van der Waals surface area contributed by atoms with E-state index in [2.05, 4.69) is 0 Å². The van der Waals surface area contributed by atoms with Crippen LogP contribution in [0.3, 0.4) is 0 Å². The summed E-state index contributed by atoms with van der Waals surface area (Å²) >= 11 is 0. The second-order valence-corrected chi connectivity index (χ2v) is 6.79. The second-order valence-electron chi connectivity index (χ2n) is 4.40. The summed E-state index contributed by atoms with van der Waals surface area (Å²) < 4.78 is 58.9. The third-order valence-electron chi connectivity index (χ3n) is 2.89. The summed E-state index contributed by atoms with van der Waals surface area (Å²) in [6, 6.07) is 2.44. The Hall–Kier alpha value is -1.50. The zero-order valence-corrected chi connectivity index (χ0v) is 13.8. The number of carbonyl (C=O) groups is 1. The molecule has 0 fully saturated rings. The van der Waals surface area contributed by atoms with E-state index in [0.29, 0.717) is 6.29 Å². The molecule has 0 bridgehead atoms. The first-order valence-corrected chi connectivity index (χ1v) is 8.58. The van der Waals surface area contributed by atoms with Crippen LogP contribution in [-0.4, -0.2) is 39.9 Å². The number of benzene rings is 1. The van der Waals surface area contributed by atoms with Gasteiger partial charge < -0.3 is 23.3 Å². The van der Waals surface area contributed by atoms with Gasteiger partial charge in [0.1, 0.15) is 6.29 Å². The first-order chi connectivity index (χ1) is 11.0.